The fourth-order valence-electron chi connectivity index (χ4n) is 1.02. The van der Waals surface area contributed by atoms with Gasteiger partial charge in [0.1, 0.15) is 0 Å². The molecule has 0 aliphatic heterocycles. The van der Waals surface area contributed by atoms with Crippen molar-refractivity contribution in [3.8, 4) is 0 Å². The van der Waals surface area contributed by atoms with E-state index in [4.69, 9.17) is 22.4 Å². The average molecular weight is 242 g/mol. The van der Waals surface area contributed by atoms with Crippen LogP contribution in [-0.4, -0.2) is 23.3 Å². The summed E-state index contributed by atoms with van der Waals surface area (Å²) in [7, 11) is 0. The molecule has 4 N–H and O–H groups in total. The lowest BCUT2D eigenvalue weighted by Gasteiger charge is -2.02. The molecule has 2 amide bonds. The van der Waals surface area contributed by atoms with Crippen LogP contribution in [0.1, 0.15) is 15.9 Å². The molecular weight excluding hydrogens is 234 g/mol. The van der Waals surface area contributed by atoms with Crippen LogP contribution in [0.25, 0.3) is 0 Å². The first kappa shape index (κ1) is 12.0. The summed E-state index contributed by atoms with van der Waals surface area (Å²) < 4.78 is 0. The number of carboxylic acid groups (broad SMARTS) is 1. The fraction of sp³-hybridized carbons (Fsp3) is 0. The van der Waals surface area contributed by atoms with Crippen molar-refractivity contribution in [2.75, 3.05) is 0 Å². The highest BCUT2D eigenvalue weighted by molar-refractivity contribution is 6.33. The number of rotatable bonds is 3. The molecule has 0 spiro atoms. The quantitative estimate of drug-likeness (QED) is 0.544. The molecule has 84 valence electrons. The molecule has 0 radical (unpaired) electrons. The van der Waals surface area contributed by atoms with Gasteiger partial charge in [-0.2, -0.15) is 5.10 Å². The van der Waals surface area contributed by atoms with Gasteiger partial charge in [0.05, 0.1) is 16.8 Å². The minimum absolute atomic E-state index is 0.0116. The van der Waals surface area contributed by atoms with E-state index in [-0.39, 0.29) is 16.1 Å². The number of carbonyl (C=O) groups excluding carboxylic acids is 1. The molecule has 0 aliphatic rings. The van der Waals surface area contributed by atoms with Crippen LogP contribution in [-0.2, 0) is 0 Å². The number of halogens is 1. The van der Waals surface area contributed by atoms with E-state index in [1.807, 2.05) is 5.43 Å². The lowest BCUT2D eigenvalue weighted by molar-refractivity contribution is 0.0696. The van der Waals surface area contributed by atoms with Crippen LogP contribution in [0.5, 0.6) is 0 Å². The zero-order valence-corrected chi connectivity index (χ0v) is 8.73. The van der Waals surface area contributed by atoms with E-state index in [9.17, 15) is 9.59 Å². The highest BCUT2D eigenvalue weighted by Crippen LogP contribution is 2.18. The molecule has 1 aromatic rings. The molecular formula is C9H8ClN3O3. The SMILES string of the molecule is NC(=O)NN=Cc1c(Cl)cccc1C(=O)O. The molecule has 1 aromatic carbocycles. The Balaban J connectivity index is 3.06. The van der Waals surface area contributed by atoms with Crippen LogP contribution in [0.3, 0.4) is 0 Å². The van der Waals surface area contributed by atoms with Gasteiger partial charge in [-0.25, -0.2) is 15.0 Å². The predicted octanol–water partition coefficient (Wildman–Crippen LogP) is 1.04. The highest BCUT2D eigenvalue weighted by atomic mass is 35.5. The van der Waals surface area contributed by atoms with E-state index in [1.165, 1.54) is 18.2 Å². The van der Waals surface area contributed by atoms with Crippen LogP contribution in [0.2, 0.25) is 5.02 Å². The number of carboxylic acids is 1. The minimum atomic E-state index is -1.14. The third-order valence-electron chi connectivity index (χ3n) is 1.65. The Morgan fingerprint density at radius 3 is 2.75 bits per heavy atom. The Labute approximate surface area is 95.7 Å². The summed E-state index contributed by atoms with van der Waals surface area (Å²) in [5, 5.41) is 12.5. The van der Waals surface area contributed by atoms with Gasteiger partial charge < -0.3 is 10.8 Å². The number of amides is 2. The Bertz CT molecular complexity index is 459. The van der Waals surface area contributed by atoms with Crippen molar-refractivity contribution in [2.45, 2.75) is 0 Å². The number of carbonyl (C=O) groups is 2. The van der Waals surface area contributed by atoms with Crippen molar-refractivity contribution in [3.05, 3.63) is 34.3 Å². The summed E-state index contributed by atoms with van der Waals surface area (Å²) >= 11 is 5.79. The van der Waals surface area contributed by atoms with E-state index < -0.39 is 12.0 Å². The van der Waals surface area contributed by atoms with Crippen molar-refractivity contribution in [2.24, 2.45) is 10.8 Å². The minimum Gasteiger partial charge on any atom is -0.478 e. The molecule has 7 heteroatoms. The van der Waals surface area contributed by atoms with Crippen LogP contribution in [0.4, 0.5) is 4.79 Å². The number of nitrogens with zero attached hydrogens (tertiary/aromatic N) is 1. The number of nitrogens with two attached hydrogens (primary N) is 1. The average Bonchev–Trinajstić information content (AvgIpc) is 2.19. The van der Waals surface area contributed by atoms with E-state index >= 15 is 0 Å². The molecule has 1 rings (SSSR count). The topological polar surface area (TPSA) is 105 Å². The molecule has 0 aromatic heterocycles. The van der Waals surface area contributed by atoms with Crippen molar-refractivity contribution >= 4 is 29.8 Å². The monoisotopic (exact) mass is 241 g/mol. The number of primary amides is 1. The van der Waals surface area contributed by atoms with E-state index in [0.717, 1.165) is 6.21 Å². The van der Waals surface area contributed by atoms with E-state index in [1.54, 1.807) is 0 Å². The first-order valence-corrected chi connectivity index (χ1v) is 4.50. The number of benzene rings is 1. The third kappa shape index (κ3) is 2.96. The third-order valence-corrected chi connectivity index (χ3v) is 1.98. The second-order valence-electron chi connectivity index (χ2n) is 2.74. The highest BCUT2D eigenvalue weighted by Gasteiger charge is 2.10. The molecule has 0 unspecified atom stereocenters. The van der Waals surface area contributed by atoms with Gasteiger partial charge in [0.2, 0.25) is 0 Å². The van der Waals surface area contributed by atoms with Gasteiger partial charge in [-0.15, -0.1) is 0 Å². The lowest BCUT2D eigenvalue weighted by Crippen LogP contribution is -2.24. The van der Waals surface area contributed by atoms with E-state index in [0.29, 0.717) is 0 Å². The second-order valence-corrected chi connectivity index (χ2v) is 3.15. The maximum Gasteiger partial charge on any atom is 0.336 e. The van der Waals surface area contributed by atoms with Gasteiger partial charge in [0, 0.05) is 5.56 Å². The summed E-state index contributed by atoms with van der Waals surface area (Å²) in [6.45, 7) is 0. The summed E-state index contributed by atoms with van der Waals surface area (Å²) in [4.78, 5) is 21.2. The number of hydrogen-bond acceptors (Lipinski definition) is 3. The smallest absolute Gasteiger partial charge is 0.336 e. The number of aromatic carboxylic acids is 1. The molecule has 16 heavy (non-hydrogen) atoms. The molecule has 0 saturated heterocycles. The Morgan fingerprint density at radius 2 is 2.19 bits per heavy atom. The Hall–Kier alpha value is -2.08. The summed E-state index contributed by atoms with van der Waals surface area (Å²) in [6, 6.07) is 3.55. The zero-order valence-electron chi connectivity index (χ0n) is 7.98. The Morgan fingerprint density at radius 1 is 1.50 bits per heavy atom. The molecule has 0 heterocycles. The zero-order chi connectivity index (χ0) is 12.1. The van der Waals surface area contributed by atoms with Gasteiger partial charge in [0.25, 0.3) is 0 Å². The lowest BCUT2D eigenvalue weighted by atomic mass is 10.1. The van der Waals surface area contributed by atoms with Crippen LogP contribution in [0, 0.1) is 0 Å². The van der Waals surface area contributed by atoms with Gasteiger partial charge in [-0.05, 0) is 12.1 Å². The molecule has 0 bridgehead atoms. The maximum atomic E-state index is 10.8. The maximum absolute atomic E-state index is 10.8. The van der Waals surface area contributed by atoms with Crippen molar-refractivity contribution in [1.29, 1.82) is 0 Å². The van der Waals surface area contributed by atoms with Gasteiger partial charge in [-0.3, -0.25) is 0 Å². The second kappa shape index (κ2) is 5.13. The predicted molar refractivity (Wildman–Crippen MR) is 58.7 cm³/mol. The number of hydrazone groups is 1. The number of urea groups is 1. The molecule has 6 nitrogen and oxygen atoms in total. The van der Waals surface area contributed by atoms with Crippen LogP contribution >= 0.6 is 11.6 Å². The molecule has 0 fully saturated rings. The summed E-state index contributed by atoms with van der Waals surface area (Å²) in [5.74, 6) is -1.14. The molecule has 0 saturated carbocycles. The first-order chi connectivity index (χ1) is 7.52. The summed E-state index contributed by atoms with van der Waals surface area (Å²) in [5.41, 5.74) is 6.91. The normalized spacial score (nSPS) is 10.3. The summed E-state index contributed by atoms with van der Waals surface area (Å²) in [6.07, 6.45) is 1.12. The van der Waals surface area contributed by atoms with Crippen LogP contribution in [0.15, 0.2) is 23.3 Å². The van der Waals surface area contributed by atoms with Crippen molar-refractivity contribution < 1.29 is 14.7 Å². The number of hydrogen-bond donors (Lipinski definition) is 3. The van der Waals surface area contributed by atoms with Crippen LogP contribution < -0.4 is 11.2 Å². The van der Waals surface area contributed by atoms with Gasteiger partial charge in [0.15, 0.2) is 0 Å². The first-order valence-electron chi connectivity index (χ1n) is 4.12. The molecule has 0 atom stereocenters. The number of nitrogens with one attached hydrogen (secondary N) is 1. The van der Waals surface area contributed by atoms with Gasteiger partial charge in [-0.1, -0.05) is 17.7 Å². The standard InChI is InChI=1S/C9H8ClN3O3/c10-7-3-1-2-5(8(14)15)6(7)4-12-13-9(11)16/h1-4H,(H,14,15)(H3,11,13,16). The van der Waals surface area contributed by atoms with E-state index in [2.05, 4.69) is 5.10 Å². The van der Waals surface area contributed by atoms with Crippen molar-refractivity contribution in [1.82, 2.24) is 5.43 Å². The van der Waals surface area contributed by atoms with Gasteiger partial charge >= 0.3 is 12.0 Å². The fourth-order valence-corrected chi connectivity index (χ4v) is 1.24. The largest absolute Gasteiger partial charge is 0.478 e. The Kier molecular flexibility index (Phi) is 3.84. The molecule has 0 aliphatic carbocycles. The van der Waals surface area contributed by atoms with Crippen molar-refractivity contribution in [3.63, 3.8) is 0 Å².